The standard InChI is InChI=1S/C21H17N5S2/c1-15-9-10-19-22-16(13-25(19)12-15)14-28-21-24-23-20(18-8-5-11-27-18)26(21)17-6-3-2-4-7-17/h2-13H,14H2,1H3. The van der Waals surface area contributed by atoms with E-state index in [9.17, 15) is 0 Å². The first-order valence-corrected chi connectivity index (χ1v) is 10.8. The summed E-state index contributed by atoms with van der Waals surface area (Å²) < 4.78 is 4.20. The fourth-order valence-electron chi connectivity index (χ4n) is 3.10. The molecule has 0 atom stereocenters. The smallest absolute Gasteiger partial charge is 0.196 e. The molecular weight excluding hydrogens is 386 g/mol. The molecule has 0 saturated carbocycles. The van der Waals surface area contributed by atoms with Crippen molar-refractivity contribution >= 4 is 28.7 Å². The molecule has 4 heterocycles. The maximum Gasteiger partial charge on any atom is 0.196 e. The molecule has 0 aliphatic rings. The van der Waals surface area contributed by atoms with Crippen molar-refractivity contribution in [1.29, 1.82) is 0 Å². The molecule has 0 unspecified atom stereocenters. The van der Waals surface area contributed by atoms with Gasteiger partial charge in [0.2, 0.25) is 0 Å². The number of imidazole rings is 1. The predicted octanol–water partition coefficient (Wildman–Crippen LogP) is 5.24. The zero-order valence-electron chi connectivity index (χ0n) is 15.2. The maximum atomic E-state index is 4.71. The van der Waals surface area contributed by atoms with Crippen LogP contribution in [-0.4, -0.2) is 24.1 Å². The van der Waals surface area contributed by atoms with Crippen molar-refractivity contribution in [2.75, 3.05) is 0 Å². The lowest BCUT2D eigenvalue weighted by molar-refractivity contribution is 0.886. The Bertz CT molecular complexity index is 1220. The van der Waals surface area contributed by atoms with Gasteiger partial charge in [-0.25, -0.2) is 4.98 Å². The summed E-state index contributed by atoms with van der Waals surface area (Å²) in [5.41, 5.74) is 4.26. The van der Waals surface area contributed by atoms with Crippen molar-refractivity contribution in [3.63, 3.8) is 0 Å². The molecule has 0 amide bonds. The molecular formula is C21H17N5S2. The molecule has 5 rings (SSSR count). The largest absolute Gasteiger partial charge is 0.307 e. The van der Waals surface area contributed by atoms with Gasteiger partial charge in [0, 0.05) is 23.8 Å². The Morgan fingerprint density at radius 3 is 2.68 bits per heavy atom. The van der Waals surface area contributed by atoms with Gasteiger partial charge < -0.3 is 4.40 Å². The summed E-state index contributed by atoms with van der Waals surface area (Å²) in [6, 6.07) is 18.5. The second-order valence-corrected chi connectivity index (χ2v) is 8.34. The quantitative estimate of drug-likeness (QED) is 0.376. The number of rotatable bonds is 5. The molecule has 0 spiro atoms. The molecule has 0 aliphatic heterocycles. The molecule has 7 heteroatoms. The van der Waals surface area contributed by atoms with Crippen LogP contribution in [0.25, 0.3) is 22.0 Å². The van der Waals surface area contributed by atoms with Crippen LogP contribution in [0.1, 0.15) is 11.3 Å². The van der Waals surface area contributed by atoms with E-state index in [1.807, 2.05) is 30.3 Å². The fraction of sp³-hybridized carbons (Fsp3) is 0.0952. The molecule has 138 valence electrons. The number of hydrogen-bond acceptors (Lipinski definition) is 5. The number of fused-ring (bicyclic) bond motifs is 1. The van der Waals surface area contributed by atoms with Gasteiger partial charge in [-0.15, -0.1) is 21.5 Å². The third-order valence-corrected chi connectivity index (χ3v) is 6.22. The molecule has 0 aliphatic carbocycles. The normalized spacial score (nSPS) is 11.3. The van der Waals surface area contributed by atoms with Crippen molar-refractivity contribution in [3.05, 3.63) is 83.6 Å². The summed E-state index contributed by atoms with van der Waals surface area (Å²) in [4.78, 5) is 5.82. The molecule has 0 saturated heterocycles. The van der Waals surface area contributed by atoms with Crippen LogP contribution in [0.3, 0.4) is 0 Å². The number of thiophene rings is 1. The van der Waals surface area contributed by atoms with Crippen LogP contribution in [0.15, 0.2) is 77.5 Å². The van der Waals surface area contributed by atoms with Gasteiger partial charge in [0.15, 0.2) is 11.0 Å². The van der Waals surface area contributed by atoms with E-state index in [4.69, 9.17) is 4.98 Å². The van der Waals surface area contributed by atoms with Crippen LogP contribution in [-0.2, 0) is 5.75 Å². The monoisotopic (exact) mass is 403 g/mol. The Balaban J connectivity index is 1.49. The summed E-state index contributed by atoms with van der Waals surface area (Å²) in [6.45, 7) is 2.09. The fourth-order valence-corrected chi connectivity index (χ4v) is 4.64. The van der Waals surface area contributed by atoms with Crippen LogP contribution in [0.4, 0.5) is 0 Å². The molecule has 0 N–H and O–H groups in total. The van der Waals surface area contributed by atoms with Gasteiger partial charge in [-0.1, -0.05) is 42.1 Å². The highest BCUT2D eigenvalue weighted by molar-refractivity contribution is 7.98. The van der Waals surface area contributed by atoms with Crippen LogP contribution >= 0.6 is 23.1 Å². The average molecular weight is 404 g/mol. The average Bonchev–Trinajstić information content (AvgIpc) is 3.45. The molecule has 0 fully saturated rings. The highest BCUT2D eigenvalue weighted by Gasteiger charge is 2.17. The third kappa shape index (κ3) is 3.23. The number of hydrogen-bond donors (Lipinski definition) is 0. The molecule has 5 aromatic rings. The number of thioether (sulfide) groups is 1. The van der Waals surface area contributed by atoms with Crippen molar-refractivity contribution < 1.29 is 0 Å². The molecule has 0 bridgehead atoms. The minimum Gasteiger partial charge on any atom is -0.307 e. The summed E-state index contributed by atoms with van der Waals surface area (Å²) in [5.74, 6) is 1.60. The molecule has 28 heavy (non-hydrogen) atoms. The first-order chi connectivity index (χ1) is 13.8. The van der Waals surface area contributed by atoms with Crippen molar-refractivity contribution in [2.24, 2.45) is 0 Å². The van der Waals surface area contributed by atoms with E-state index in [0.717, 1.165) is 38.6 Å². The minimum atomic E-state index is 0.732. The summed E-state index contributed by atoms with van der Waals surface area (Å²) >= 11 is 3.32. The maximum absolute atomic E-state index is 4.71. The van der Waals surface area contributed by atoms with E-state index in [1.165, 1.54) is 5.56 Å². The number of nitrogens with zero attached hydrogens (tertiary/aromatic N) is 5. The van der Waals surface area contributed by atoms with E-state index < -0.39 is 0 Å². The Morgan fingerprint density at radius 2 is 1.86 bits per heavy atom. The molecule has 0 radical (unpaired) electrons. The lowest BCUT2D eigenvalue weighted by atomic mass is 10.3. The Morgan fingerprint density at radius 1 is 0.964 bits per heavy atom. The van der Waals surface area contributed by atoms with Gasteiger partial charge in [-0.2, -0.15) is 0 Å². The number of aryl methyl sites for hydroxylation is 1. The van der Waals surface area contributed by atoms with E-state index in [0.29, 0.717) is 0 Å². The van der Waals surface area contributed by atoms with Gasteiger partial charge in [0.25, 0.3) is 0 Å². The van der Waals surface area contributed by atoms with Gasteiger partial charge in [-0.3, -0.25) is 4.57 Å². The first kappa shape index (κ1) is 17.2. The van der Waals surface area contributed by atoms with E-state index in [1.54, 1.807) is 23.1 Å². The van der Waals surface area contributed by atoms with E-state index in [-0.39, 0.29) is 0 Å². The van der Waals surface area contributed by atoms with Crippen LogP contribution in [0, 0.1) is 6.92 Å². The SMILES string of the molecule is Cc1ccc2nc(CSc3nnc(-c4cccs4)n3-c3ccccc3)cn2c1. The van der Waals surface area contributed by atoms with E-state index in [2.05, 4.69) is 68.1 Å². The van der Waals surface area contributed by atoms with Gasteiger partial charge >= 0.3 is 0 Å². The molecule has 1 aromatic carbocycles. The Labute approximate surface area is 170 Å². The number of aromatic nitrogens is 5. The lowest BCUT2D eigenvalue weighted by Gasteiger charge is -2.08. The first-order valence-electron chi connectivity index (χ1n) is 8.90. The Hall–Kier alpha value is -2.90. The summed E-state index contributed by atoms with van der Waals surface area (Å²) in [6.07, 6.45) is 4.18. The van der Waals surface area contributed by atoms with Crippen molar-refractivity contribution in [3.8, 4) is 16.4 Å². The highest BCUT2D eigenvalue weighted by atomic mass is 32.2. The van der Waals surface area contributed by atoms with Crippen LogP contribution in [0.2, 0.25) is 0 Å². The van der Waals surface area contributed by atoms with Crippen LogP contribution in [0.5, 0.6) is 0 Å². The predicted molar refractivity (Wildman–Crippen MR) is 114 cm³/mol. The molecule has 5 nitrogen and oxygen atoms in total. The van der Waals surface area contributed by atoms with Crippen LogP contribution < -0.4 is 0 Å². The van der Waals surface area contributed by atoms with Gasteiger partial charge in [0.05, 0.1) is 10.6 Å². The second kappa shape index (κ2) is 7.26. The lowest BCUT2D eigenvalue weighted by Crippen LogP contribution is -1.98. The van der Waals surface area contributed by atoms with Gasteiger partial charge in [0.1, 0.15) is 5.65 Å². The summed E-state index contributed by atoms with van der Waals surface area (Å²) in [5, 5.41) is 11.9. The van der Waals surface area contributed by atoms with Crippen molar-refractivity contribution in [1.82, 2.24) is 24.1 Å². The Kier molecular flexibility index (Phi) is 4.46. The minimum absolute atomic E-state index is 0.732. The number of pyridine rings is 1. The van der Waals surface area contributed by atoms with E-state index >= 15 is 0 Å². The highest BCUT2D eigenvalue weighted by Crippen LogP contribution is 2.31. The number of para-hydroxylation sites is 1. The molecule has 4 aromatic heterocycles. The second-order valence-electron chi connectivity index (χ2n) is 6.45. The zero-order valence-corrected chi connectivity index (χ0v) is 16.8. The number of benzene rings is 1. The van der Waals surface area contributed by atoms with Crippen molar-refractivity contribution in [2.45, 2.75) is 17.8 Å². The zero-order chi connectivity index (χ0) is 18.9. The topological polar surface area (TPSA) is 48.0 Å². The third-order valence-electron chi connectivity index (χ3n) is 4.39. The van der Waals surface area contributed by atoms with Gasteiger partial charge in [-0.05, 0) is 42.1 Å². The summed E-state index contributed by atoms with van der Waals surface area (Å²) in [7, 11) is 0.